The molecule has 0 radical (unpaired) electrons. The van der Waals surface area contributed by atoms with Gasteiger partial charge in [-0.05, 0) is 31.5 Å². The molecule has 1 unspecified atom stereocenters. The molecule has 6 nitrogen and oxygen atoms in total. The average Bonchev–Trinajstić information content (AvgIpc) is 3.09. The second-order valence-corrected chi connectivity index (χ2v) is 5.78. The number of phenols is 1. The first kappa shape index (κ1) is 14.8. The van der Waals surface area contributed by atoms with Crippen molar-refractivity contribution in [3.05, 3.63) is 29.8 Å². The van der Waals surface area contributed by atoms with Crippen LogP contribution in [0.1, 0.15) is 23.2 Å². The van der Waals surface area contributed by atoms with Crippen LogP contribution in [0.3, 0.4) is 0 Å². The first-order valence-electron chi connectivity index (χ1n) is 7.76. The largest absolute Gasteiger partial charge is 0.507 e. The van der Waals surface area contributed by atoms with Crippen molar-refractivity contribution in [2.24, 2.45) is 0 Å². The topological polar surface area (TPSA) is 72.9 Å². The van der Waals surface area contributed by atoms with E-state index < -0.39 is 0 Å². The second kappa shape index (κ2) is 6.36. The maximum absolute atomic E-state index is 12.4. The number of phenolic OH excluding ortho intramolecular Hbond substituents is 1. The molecule has 0 saturated carbocycles. The van der Waals surface area contributed by atoms with Gasteiger partial charge in [0.25, 0.3) is 5.91 Å². The molecule has 2 fully saturated rings. The van der Waals surface area contributed by atoms with Crippen LogP contribution in [-0.4, -0.2) is 65.5 Å². The van der Waals surface area contributed by atoms with Gasteiger partial charge in [-0.15, -0.1) is 0 Å². The number of carbonyl (C=O) groups is 2. The Morgan fingerprint density at radius 2 is 1.77 bits per heavy atom. The highest BCUT2D eigenvalue weighted by molar-refractivity contribution is 5.97. The first-order chi connectivity index (χ1) is 10.7. The molecule has 2 aliphatic rings. The van der Waals surface area contributed by atoms with Gasteiger partial charge in [0.2, 0.25) is 5.91 Å². The van der Waals surface area contributed by atoms with Gasteiger partial charge in [0.05, 0.1) is 11.6 Å². The fourth-order valence-corrected chi connectivity index (χ4v) is 3.07. The van der Waals surface area contributed by atoms with Gasteiger partial charge in [0.1, 0.15) is 5.75 Å². The lowest BCUT2D eigenvalue weighted by Crippen LogP contribution is -2.54. The normalized spacial score (nSPS) is 21.9. The number of piperazine rings is 1. The fraction of sp³-hybridized carbons (Fsp3) is 0.500. The third-order valence-electron chi connectivity index (χ3n) is 4.37. The molecular weight excluding hydrogens is 282 g/mol. The van der Waals surface area contributed by atoms with Crippen LogP contribution < -0.4 is 5.32 Å². The van der Waals surface area contributed by atoms with E-state index in [2.05, 4.69) is 5.32 Å². The molecule has 22 heavy (non-hydrogen) atoms. The number of aromatic hydroxyl groups is 1. The number of rotatable bonds is 2. The Hall–Kier alpha value is -2.08. The molecule has 0 aromatic heterocycles. The van der Waals surface area contributed by atoms with E-state index >= 15 is 0 Å². The van der Waals surface area contributed by atoms with Crippen molar-refractivity contribution in [3.8, 4) is 5.75 Å². The molecule has 2 amide bonds. The second-order valence-electron chi connectivity index (χ2n) is 5.78. The summed E-state index contributed by atoms with van der Waals surface area (Å²) >= 11 is 0. The lowest BCUT2D eigenvalue weighted by molar-refractivity contribution is -0.134. The standard InChI is InChI=1S/C16H21N3O3/c20-14-6-2-1-4-12(14)15(21)18-8-10-19(11-9-18)16(22)13-5-3-7-17-13/h1-2,4,6,13,17,20H,3,5,7-11H2. The van der Waals surface area contributed by atoms with E-state index in [1.54, 1.807) is 23.1 Å². The number of benzene rings is 1. The smallest absolute Gasteiger partial charge is 0.257 e. The lowest BCUT2D eigenvalue weighted by atomic mass is 10.1. The summed E-state index contributed by atoms with van der Waals surface area (Å²) in [4.78, 5) is 28.3. The molecule has 6 heteroatoms. The predicted molar refractivity (Wildman–Crippen MR) is 81.6 cm³/mol. The Bertz CT molecular complexity index is 562. The molecule has 2 saturated heterocycles. The zero-order valence-corrected chi connectivity index (χ0v) is 12.5. The molecule has 2 N–H and O–H groups in total. The van der Waals surface area contributed by atoms with Gasteiger partial charge in [-0.1, -0.05) is 12.1 Å². The average molecular weight is 303 g/mol. The van der Waals surface area contributed by atoms with Crippen molar-refractivity contribution in [2.75, 3.05) is 32.7 Å². The number of nitrogens with one attached hydrogen (secondary N) is 1. The van der Waals surface area contributed by atoms with E-state index in [0.717, 1.165) is 19.4 Å². The molecule has 2 aliphatic heterocycles. The zero-order valence-electron chi connectivity index (χ0n) is 12.5. The number of hydrogen-bond donors (Lipinski definition) is 2. The number of amides is 2. The summed E-state index contributed by atoms with van der Waals surface area (Å²) < 4.78 is 0. The highest BCUT2D eigenvalue weighted by Gasteiger charge is 2.30. The highest BCUT2D eigenvalue weighted by atomic mass is 16.3. The van der Waals surface area contributed by atoms with Gasteiger partial charge in [-0.2, -0.15) is 0 Å². The number of carbonyl (C=O) groups excluding carboxylic acids is 2. The molecule has 0 aliphatic carbocycles. The third kappa shape index (κ3) is 2.92. The maximum atomic E-state index is 12.4. The first-order valence-corrected chi connectivity index (χ1v) is 7.76. The summed E-state index contributed by atoms with van der Waals surface area (Å²) in [6, 6.07) is 6.51. The molecule has 1 atom stereocenters. The van der Waals surface area contributed by atoms with E-state index in [-0.39, 0.29) is 23.6 Å². The minimum atomic E-state index is -0.177. The van der Waals surface area contributed by atoms with Crippen LogP contribution in [0, 0.1) is 0 Å². The summed E-state index contributed by atoms with van der Waals surface area (Å²) in [5.41, 5.74) is 0.319. The van der Waals surface area contributed by atoms with Crippen LogP contribution >= 0.6 is 0 Å². The summed E-state index contributed by atoms with van der Waals surface area (Å²) in [6.07, 6.45) is 1.94. The van der Waals surface area contributed by atoms with Gasteiger partial charge in [-0.25, -0.2) is 0 Å². The van der Waals surface area contributed by atoms with Crippen LogP contribution in [0.4, 0.5) is 0 Å². The fourth-order valence-electron chi connectivity index (χ4n) is 3.07. The molecule has 1 aromatic rings. The van der Waals surface area contributed by atoms with Crippen LogP contribution in [0.2, 0.25) is 0 Å². The maximum Gasteiger partial charge on any atom is 0.257 e. The Morgan fingerprint density at radius 1 is 1.09 bits per heavy atom. The molecule has 3 rings (SSSR count). The summed E-state index contributed by atoms with van der Waals surface area (Å²) in [5, 5.41) is 13.0. The number of para-hydroxylation sites is 1. The van der Waals surface area contributed by atoms with Crippen molar-refractivity contribution in [2.45, 2.75) is 18.9 Å². The Labute approximate surface area is 129 Å². The summed E-state index contributed by atoms with van der Waals surface area (Å²) in [5.74, 6) is -0.0301. The van der Waals surface area contributed by atoms with Gasteiger partial charge in [0.15, 0.2) is 0 Å². The molecule has 118 valence electrons. The summed E-state index contributed by atoms with van der Waals surface area (Å²) in [6.45, 7) is 3.02. The van der Waals surface area contributed by atoms with Crippen LogP contribution in [-0.2, 0) is 4.79 Å². The number of hydrogen-bond acceptors (Lipinski definition) is 4. The van der Waals surface area contributed by atoms with Crippen LogP contribution in [0.5, 0.6) is 5.75 Å². The number of nitrogens with zero attached hydrogens (tertiary/aromatic N) is 2. The van der Waals surface area contributed by atoms with Gasteiger partial charge >= 0.3 is 0 Å². The monoisotopic (exact) mass is 303 g/mol. The van der Waals surface area contributed by atoms with Crippen LogP contribution in [0.25, 0.3) is 0 Å². The van der Waals surface area contributed by atoms with E-state index in [1.807, 2.05) is 4.90 Å². The van der Waals surface area contributed by atoms with E-state index in [1.165, 1.54) is 6.07 Å². The molecule has 2 heterocycles. The zero-order chi connectivity index (χ0) is 15.5. The minimum Gasteiger partial charge on any atom is -0.507 e. The summed E-state index contributed by atoms with van der Waals surface area (Å²) in [7, 11) is 0. The lowest BCUT2D eigenvalue weighted by Gasteiger charge is -2.36. The molecule has 1 aromatic carbocycles. The minimum absolute atomic E-state index is 0.00108. The van der Waals surface area contributed by atoms with Gasteiger partial charge in [0, 0.05) is 26.2 Å². The highest BCUT2D eigenvalue weighted by Crippen LogP contribution is 2.19. The quantitative estimate of drug-likeness (QED) is 0.831. The van der Waals surface area contributed by atoms with Crippen molar-refractivity contribution < 1.29 is 14.7 Å². The Balaban J connectivity index is 1.58. The van der Waals surface area contributed by atoms with E-state index in [4.69, 9.17) is 0 Å². The van der Waals surface area contributed by atoms with Crippen molar-refractivity contribution in [1.82, 2.24) is 15.1 Å². The van der Waals surface area contributed by atoms with Crippen molar-refractivity contribution in [3.63, 3.8) is 0 Å². The predicted octanol–water partition coefficient (Wildman–Crippen LogP) is 0.429. The van der Waals surface area contributed by atoms with Crippen LogP contribution in [0.15, 0.2) is 24.3 Å². The molecule has 0 bridgehead atoms. The van der Waals surface area contributed by atoms with E-state index in [9.17, 15) is 14.7 Å². The van der Waals surface area contributed by atoms with Gasteiger partial charge in [-0.3, -0.25) is 9.59 Å². The Kier molecular flexibility index (Phi) is 4.29. The van der Waals surface area contributed by atoms with Crippen molar-refractivity contribution in [1.29, 1.82) is 0 Å². The van der Waals surface area contributed by atoms with Crippen molar-refractivity contribution >= 4 is 11.8 Å². The van der Waals surface area contributed by atoms with Gasteiger partial charge < -0.3 is 20.2 Å². The van der Waals surface area contributed by atoms with E-state index in [0.29, 0.717) is 31.7 Å². The third-order valence-corrected chi connectivity index (χ3v) is 4.37. The molecule has 0 spiro atoms. The Morgan fingerprint density at radius 3 is 2.41 bits per heavy atom. The molecular formula is C16H21N3O3. The SMILES string of the molecule is O=C(c1ccccc1O)N1CCN(C(=O)C2CCCN2)CC1.